The number of pyridine rings is 1. The number of hydrogen-bond acceptors (Lipinski definition) is 6. The van der Waals surface area contributed by atoms with Crippen LogP contribution in [0.15, 0.2) is 61.3 Å². The molecule has 0 bridgehead atoms. The first-order valence-corrected chi connectivity index (χ1v) is 7.12. The fourth-order valence-electron chi connectivity index (χ4n) is 2.31. The summed E-state index contributed by atoms with van der Waals surface area (Å²) in [6.45, 7) is 0. The molecule has 114 valence electrons. The maximum atomic E-state index is 9.36. The average Bonchev–Trinajstić information content (AvgIpc) is 3.06. The molecular formula is C17H10N6O. The molecule has 0 amide bonds. The minimum absolute atomic E-state index is 0.134. The van der Waals surface area contributed by atoms with E-state index in [1.807, 2.05) is 24.3 Å². The molecule has 7 nitrogen and oxygen atoms in total. The molecule has 0 aliphatic rings. The molecule has 0 aliphatic carbocycles. The molecule has 0 saturated heterocycles. The fourth-order valence-corrected chi connectivity index (χ4v) is 2.31. The summed E-state index contributed by atoms with van der Waals surface area (Å²) >= 11 is 0. The average molecular weight is 314 g/mol. The standard InChI is InChI=1S/C17H10N6O/c18-8-12-9-20-17(24-13-4-3-7-19-10-13)22-16(12)23-11-21-14-5-1-2-6-15(14)23/h1-7,9-11H. The van der Waals surface area contributed by atoms with Crippen molar-refractivity contribution in [2.75, 3.05) is 0 Å². The van der Waals surface area contributed by atoms with Crippen LogP contribution in [-0.2, 0) is 0 Å². The van der Waals surface area contributed by atoms with Gasteiger partial charge < -0.3 is 4.74 Å². The van der Waals surface area contributed by atoms with E-state index in [-0.39, 0.29) is 6.01 Å². The van der Waals surface area contributed by atoms with Crippen LogP contribution in [0.2, 0.25) is 0 Å². The van der Waals surface area contributed by atoms with E-state index in [1.165, 1.54) is 6.20 Å². The molecular weight excluding hydrogens is 304 g/mol. The van der Waals surface area contributed by atoms with E-state index >= 15 is 0 Å². The van der Waals surface area contributed by atoms with Gasteiger partial charge in [0, 0.05) is 6.20 Å². The van der Waals surface area contributed by atoms with Crippen LogP contribution in [0.3, 0.4) is 0 Å². The van der Waals surface area contributed by atoms with Gasteiger partial charge in [0.2, 0.25) is 0 Å². The van der Waals surface area contributed by atoms with Crippen LogP contribution < -0.4 is 4.74 Å². The Morgan fingerprint density at radius 2 is 1.96 bits per heavy atom. The number of imidazole rings is 1. The van der Waals surface area contributed by atoms with Gasteiger partial charge in [-0.25, -0.2) is 9.97 Å². The maximum absolute atomic E-state index is 9.36. The molecule has 7 heteroatoms. The molecule has 0 atom stereocenters. The van der Waals surface area contributed by atoms with Crippen molar-refractivity contribution in [1.29, 1.82) is 5.26 Å². The molecule has 1 aromatic carbocycles. The van der Waals surface area contributed by atoms with Crippen molar-refractivity contribution in [3.05, 3.63) is 66.9 Å². The van der Waals surface area contributed by atoms with E-state index in [4.69, 9.17) is 4.74 Å². The minimum atomic E-state index is 0.134. The van der Waals surface area contributed by atoms with E-state index in [0.717, 1.165) is 11.0 Å². The summed E-state index contributed by atoms with van der Waals surface area (Å²) in [5, 5.41) is 9.36. The molecule has 0 aliphatic heterocycles. The molecule has 24 heavy (non-hydrogen) atoms. The van der Waals surface area contributed by atoms with Gasteiger partial charge >= 0.3 is 6.01 Å². The molecule has 0 unspecified atom stereocenters. The second-order valence-electron chi connectivity index (χ2n) is 4.90. The fraction of sp³-hybridized carbons (Fsp3) is 0. The largest absolute Gasteiger partial charge is 0.423 e. The van der Waals surface area contributed by atoms with Crippen LogP contribution in [0, 0.1) is 11.3 Å². The molecule has 3 heterocycles. The van der Waals surface area contributed by atoms with Gasteiger partial charge in [0.05, 0.1) is 23.4 Å². The first kappa shape index (κ1) is 13.8. The first-order valence-electron chi connectivity index (χ1n) is 7.12. The SMILES string of the molecule is N#Cc1cnc(Oc2cccnc2)nc1-n1cnc2ccccc21. The van der Waals surface area contributed by atoms with Gasteiger partial charge in [-0.3, -0.25) is 9.55 Å². The number of para-hydroxylation sites is 2. The number of rotatable bonds is 3. The highest BCUT2D eigenvalue weighted by Crippen LogP contribution is 2.22. The van der Waals surface area contributed by atoms with Crippen LogP contribution in [0.1, 0.15) is 5.56 Å². The summed E-state index contributed by atoms with van der Waals surface area (Å²) in [6, 6.07) is 13.3. The van der Waals surface area contributed by atoms with E-state index in [9.17, 15) is 5.26 Å². The smallest absolute Gasteiger partial charge is 0.324 e. The Hall–Kier alpha value is -3.79. The van der Waals surface area contributed by atoms with Gasteiger partial charge in [-0.05, 0) is 24.3 Å². The highest BCUT2D eigenvalue weighted by Gasteiger charge is 2.13. The lowest BCUT2D eigenvalue weighted by Crippen LogP contribution is -2.03. The summed E-state index contributed by atoms with van der Waals surface area (Å²) in [4.78, 5) is 16.8. The topological polar surface area (TPSA) is 89.5 Å². The molecule has 4 rings (SSSR count). The summed E-state index contributed by atoms with van der Waals surface area (Å²) in [7, 11) is 0. The van der Waals surface area contributed by atoms with Crippen LogP contribution >= 0.6 is 0 Å². The predicted molar refractivity (Wildman–Crippen MR) is 85.7 cm³/mol. The minimum Gasteiger partial charge on any atom is -0.423 e. The summed E-state index contributed by atoms with van der Waals surface area (Å²) in [5.74, 6) is 0.934. The number of hydrogen-bond donors (Lipinski definition) is 0. The van der Waals surface area contributed by atoms with Gasteiger partial charge in [-0.1, -0.05) is 12.1 Å². The second kappa shape index (κ2) is 5.78. The molecule has 3 aromatic heterocycles. The third-order valence-electron chi connectivity index (χ3n) is 3.39. The van der Waals surface area contributed by atoms with Crippen molar-refractivity contribution in [2.45, 2.75) is 0 Å². The van der Waals surface area contributed by atoms with E-state index in [2.05, 4.69) is 26.0 Å². The van der Waals surface area contributed by atoms with E-state index in [0.29, 0.717) is 17.1 Å². The number of benzene rings is 1. The third-order valence-corrected chi connectivity index (χ3v) is 3.39. The van der Waals surface area contributed by atoms with E-state index < -0.39 is 0 Å². The quantitative estimate of drug-likeness (QED) is 0.577. The molecule has 0 saturated carbocycles. The van der Waals surface area contributed by atoms with Gasteiger partial charge in [-0.2, -0.15) is 10.2 Å². The summed E-state index contributed by atoms with van der Waals surface area (Å²) < 4.78 is 7.34. The van der Waals surface area contributed by atoms with Gasteiger partial charge in [0.1, 0.15) is 23.7 Å². The maximum Gasteiger partial charge on any atom is 0.324 e. The lowest BCUT2D eigenvalue weighted by Gasteiger charge is -2.08. The van der Waals surface area contributed by atoms with Crippen LogP contribution in [0.5, 0.6) is 11.8 Å². The van der Waals surface area contributed by atoms with Crippen molar-refractivity contribution < 1.29 is 4.74 Å². The Morgan fingerprint density at radius 3 is 2.79 bits per heavy atom. The molecule has 4 aromatic rings. The summed E-state index contributed by atoms with van der Waals surface area (Å²) in [5.41, 5.74) is 1.99. The Bertz CT molecular complexity index is 1050. The van der Waals surface area contributed by atoms with Crippen molar-refractivity contribution in [2.24, 2.45) is 0 Å². The summed E-state index contributed by atoms with van der Waals surface area (Å²) in [6.07, 6.45) is 6.27. The van der Waals surface area contributed by atoms with Crippen LogP contribution in [0.4, 0.5) is 0 Å². The second-order valence-corrected chi connectivity index (χ2v) is 4.90. The molecule has 0 spiro atoms. The zero-order chi connectivity index (χ0) is 16.4. The Morgan fingerprint density at radius 1 is 1.04 bits per heavy atom. The van der Waals surface area contributed by atoms with Crippen molar-refractivity contribution in [3.8, 4) is 23.6 Å². The van der Waals surface area contributed by atoms with E-state index in [1.54, 1.807) is 35.4 Å². The Labute approximate surface area is 136 Å². The third kappa shape index (κ3) is 2.42. The van der Waals surface area contributed by atoms with Gasteiger partial charge in [-0.15, -0.1) is 0 Å². The predicted octanol–water partition coefficient (Wildman–Crippen LogP) is 2.87. The highest BCUT2D eigenvalue weighted by atomic mass is 16.5. The number of nitriles is 1. The van der Waals surface area contributed by atoms with Crippen molar-refractivity contribution in [1.82, 2.24) is 24.5 Å². The van der Waals surface area contributed by atoms with Crippen LogP contribution in [0.25, 0.3) is 16.9 Å². The Balaban J connectivity index is 1.82. The van der Waals surface area contributed by atoms with Gasteiger partial charge in [0.15, 0.2) is 5.82 Å². The number of nitrogens with zero attached hydrogens (tertiary/aromatic N) is 6. The number of ether oxygens (including phenoxy) is 1. The van der Waals surface area contributed by atoms with Crippen molar-refractivity contribution >= 4 is 11.0 Å². The van der Waals surface area contributed by atoms with Gasteiger partial charge in [0.25, 0.3) is 0 Å². The lowest BCUT2D eigenvalue weighted by molar-refractivity contribution is 0.439. The Kier molecular flexibility index (Phi) is 3.33. The van der Waals surface area contributed by atoms with Crippen molar-refractivity contribution in [3.63, 3.8) is 0 Å². The zero-order valence-corrected chi connectivity index (χ0v) is 12.4. The number of fused-ring (bicyclic) bond motifs is 1. The normalized spacial score (nSPS) is 10.5. The number of aromatic nitrogens is 5. The molecule has 0 N–H and O–H groups in total. The highest BCUT2D eigenvalue weighted by molar-refractivity contribution is 5.77. The monoisotopic (exact) mass is 314 g/mol. The van der Waals surface area contributed by atoms with Crippen LogP contribution in [-0.4, -0.2) is 24.5 Å². The first-order chi connectivity index (χ1) is 11.8. The lowest BCUT2D eigenvalue weighted by atomic mass is 10.3. The molecule has 0 fully saturated rings. The molecule has 0 radical (unpaired) electrons. The zero-order valence-electron chi connectivity index (χ0n) is 12.4.